The third-order valence-electron chi connectivity index (χ3n) is 6.11. The van der Waals surface area contributed by atoms with Gasteiger partial charge in [-0.3, -0.25) is 13.9 Å². The van der Waals surface area contributed by atoms with E-state index in [1.165, 1.54) is 30.0 Å². The highest BCUT2D eigenvalue weighted by Gasteiger charge is 2.22. The molecule has 1 aromatic carbocycles. The molecule has 1 saturated heterocycles. The minimum Gasteiger partial charge on any atom is -0.486 e. The number of nitrogens with zero attached hydrogens (tertiary/aromatic N) is 3. The van der Waals surface area contributed by atoms with E-state index in [2.05, 4.69) is 20.0 Å². The van der Waals surface area contributed by atoms with Crippen LogP contribution in [0, 0.1) is 11.7 Å². The smallest absolute Gasteiger partial charge is 0.300 e. The Morgan fingerprint density at radius 3 is 2.76 bits per heavy atom. The van der Waals surface area contributed by atoms with Crippen molar-refractivity contribution >= 4 is 33.0 Å². The molecule has 1 fully saturated rings. The van der Waals surface area contributed by atoms with Crippen molar-refractivity contribution in [3.05, 3.63) is 76.2 Å². The van der Waals surface area contributed by atoms with Gasteiger partial charge in [-0.15, -0.1) is 0 Å². The van der Waals surface area contributed by atoms with Crippen molar-refractivity contribution in [3.63, 3.8) is 0 Å². The summed E-state index contributed by atoms with van der Waals surface area (Å²) in [5, 5.41) is 2.99. The maximum atomic E-state index is 13.4. The number of benzene rings is 1. The zero-order valence-electron chi connectivity index (χ0n) is 20.1. The topological polar surface area (TPSA) is 124 Å². The lowest BCUT2D eigenvalue weighted by Gasteiger charge is -2.14. The highest BCUT2D eigenvalue weighted by Crippen LogP contribution is 2.31. The fourth-order valence-corrected chi connectivity index (χ4v) is 5.71. The largest absolute Gasteiger partial charge is 0.486 e. The van der Waals surface area contributed by atoms with Crippen LogP contribution in [0.5, 0.6) is 11.6 Å². The Morgan fingerprint density at radius 1 is 1.18 bits per heavy atom. The highest BCUT2D eigenvalue weighted by molar-refractivity contribution is 7.92. The Bertz CT molecular complexity index is 1680. The second-order valence-electron chi connectivity index (χ2n) is 8.70. The van der Waals surface area contributed by atoms with Crippen molar-refractivity contribution in [2.75, 3.05) is 31.5 Å². The Labute approximate surface area is 222 Å². The summed E-state index contributed by atoms with van der Waals surface area (Å²) in [5.74, 6) is -0.185. The van der Waals surface area contributed by atoms with Crippen LogP contribution in [0.3, 0.4) is 0 Å². The maximum absolute atomic E-state index is 13.4. The molecule has 0 amide bonds. The molecule has 0 spiro atoms. The molecule has 0 bridgehead atoms. The summed E-state index contributed by atoms with van der Waals surface area (Å²) in [6.07, 6.45) is 5.46. The molecular weight excluding hydrogens is 537 g/mol. The lowest BCUT2D eigenvalue weighted by atomic mass is 10.1. The second-order valence-corrected chi connectivity index (χ2v) is 10.8. The third-order valence-corrected chi connectivity index (χ3v) is 7.96. The first-order chi connectivity index (χ1) is 18.2. The fraction of sp³-hybridized carbons (Fsp3) is 0.240. The van der Waals surface area contributed by atoms with Crippen molar-refractivity contribution in [1.82, 2.24) is 19.7 Å². The van der Waals surface area contributed by atoms with Gasteiger partial charge in [0.1, 0.15) is 22.0 Å². The van der Waals surface area contributed by atoms with Gasteiger partial charge in [-0.1, -0.05) is 11.6 Å². The monoisotopic (exact) mass is 559 g/mol. The molecule has 1 aliphatic rings. The number of ether oxygens (including phenoxy) is 2. The summed E-state index contributed by atoms with van der Waals surface area (Å²) >= 11 is 5.97. The predicted molar refractivity (Wildman–Crippen MR) is 140 cm³/mol. The Balaban J connectivity index is 1.48. The lowest BCUT2D eigenvalue weighted by Crippen LogP contribution is -2.21. The molecular formula is C25H23ClFN5O5S. The predicted octanol–water partition coefficient (Wildman–Crippen LogP) is 3.35. The van der Waals surface area contributed by atoms with Crippen LogP contribution in [-0.2, 0) is 10.0 Å². The molecule has 13 heteroatoms. The Kier molecular flexibility index (Phi) is 7.19. The van der Waals surface area contributed by atoms with E-state index in [4.69, 9.17) is 21.1 Å². The molecule has 0 saturated carbocycles. The molecule has 10 nitrogen and oxygen atoms in total. The average Bonchev–Trinajstić information content (AvgIpc) is 3.41. The van der Waals surface area contributed by atoms with Gasteiger partial charge in [0.15, 0.2) is 0 Å². The van der Waals surface area contributed by atoms with Crippen LogP contribution in [0.2, 0.25) is 5.02 Å². The zero-order valence-corrected chi connectivity index (χ0v) is 21.7. The SMILES string of the molecule is COc1ncc(-c2ccc3ncc(OCC4CCNC4)c(=O)n3c2)cc1NS(=O)(=O)c1ccc(F)cc1Cl. The molecule has 1 aliphatic heterocycles. The van der Waals surface area contributed by atoms with Crippen molar-refractivity contribution in [2.24, 2.45) is 5.92 Å². The number of sulfonamides is 1. The number of methoxy groups -OCH3 is 1. The van der Waals surface area contributed by atoms with E-state index in [0.29, 0.717) is 29.3 Å². The summed E-state index contributed by atoms with van der Waals surface area (Å²) in [6, 6.07) is 7.86. The molecule has 4 aromatic rings. The van der Waals surface area contributed by atoms with Crippen LogP contribution in [0.25, 0.3) is 16.8 Å². The normalized spacial score (nSPS) is 15.5. The molecule has 5 rings (SSSR count). The number of nitrogens with one attached hydrogen (secondary N) is 2. The minimum atomic E-state index is -4.21. The molecule has 3 aromatic heterocycles. The summed E-state index contributed by atoms with van der Waals surface area (Å²) in [4.78, 5) is 21.3. The molecule has 1 atom stereocenters. The minimum absolute atomic E-state index is 0.00673. The number of aromatic nitrogens is 3. The number of hydrogen-bond donors (Lipinski definition) is 2. The van der Waals surface area contributed by atoms with E-state index in [9.17, 15) is 17.6 Å². The first-order valence-electron chi connectivity index (χ1n) is 11.6. The first kappa shape index (κ1) is 25.9. The van der Waals surface area contributed by atoms with Crippen molar-refractivity contribution in [3.8, 4) is 22.8 Å². The Hall–Kier alpha value is -3.74. The van der Waals surface area contributed by atoms with E-state index in [1.807, 2.05) is 0 Å². The number of anilines is 1. The molecule has 2 N–H and O–H groups in total. The third kappa shape index (κ3) is 5.28. The number of rotatable bonds is 8. The van der Waals surface area contributed by atoms with Crippen LogP contribution in [-0.4, -0.2) is 49.6 Å². The van der Waals surface area contributed by atoms with Gasteiger partial charge in [0, 0.05) is 36.0 Å². The summed E-state index contributed by atoms with van der Waals surface area (Å²) < 4.78 is 54.2. The van der Waals surface area contributed by atoms with Crippen LogP contribution in [0.1, 0.15) is 6.42 Å². The molecule has 38 heavy (non-hydrogen) atoms. The van der Waals surface area contributed by atoms with Gasteiger partial charge in [-0.25, -0.2) is 22.8 Å². The summed E-state index contributed by atoms with van der Waals surface area (Å²) in [6.45, 7) is 2.19. The van der Waals surface area contributed by atoms with E-state index >= 15 is 0 Å². The molecule has 0 aliphatic carbocycles. The van der Waals surface area contributed by atoms with Crippen LogP contribution < -0.4 is 25.1 Å². The molecule has 198 valence electrons. The van der Waals surface area contributed by atoms with E-state index in [1.54, 1.807) is 18.3 Å². The zero-order chi connectivity index (χ0) is 26.9. The number of hydrogen-bond acceptors (Lipinski definition) is 8. The van der Waals surface area contributed by atoms with Gasteiger partial charge in [0.25, 0.3) is 15.6 Å². The van der Waals surface area contributed by atoms with Crippen LogP contribution >= 0.6 is 11.6 Å². The van der Waals surface area contributed by atoms with Gasteiger partial charge in [0.2, 0.25) is 11.6 Å². The van der Waals surface area contributed by atoms with E-state index < -0.39 is 15.8 Å². The average molecular weight is 560 g/mol. The summed E-state index contributed by atoms with van der Waals surface area (Å²) in [5.41, 5.74) is 1.14. The first-order valence-corrected chi connectivity index (χ1v) is 13.5. The molecule has 1 unspecified atom stereocenters. The molecule has 4 heterocycles. The van der Waals surface area contributed by atoms with Gasteiger partial charge >= 0.3 is 0 Å². The maximum Gasteiger partial charge on any atom is 0.300 e. The van der Waals surface area contributed by atoms with Gasteiger partial charge in [0.05, 0.1) is 24.9 Å². The van der Waals surface area contributed by atoms with E-state index in [-0.39, 0.29) is 32.8 Å². The Morgan fingerprint density at radius 2 is 2.03 bits per heavy atom. The number of halogens is 2. The fourth-order valence-electron chi connectivity index (χ4n) is 4.13. The van der Waals surface area contributed by atoms with Crippen molar-refractivity contribution in [2.45, 2.75) is 11.3 Å². The van der Waals surface area contributed by atoms with Gasteiger partial charge in [-0.05, 0) is 49.4 Å². The summed E-state index contributed by atoms with van der Waals surface area (Å²) in [7, 11) is -2.87. The van der Waals surface area contributed by atoms with Crippen LogP contribution in [0.15, 0.2) is 64.7 Å². The highest BCUT2D eigenvalue weighted by atomic mass is 35.5. The van der Waals surface area contributed by atoms with E-state index in [0.717, 1.165) is 37.7 Å². The lowest BCUT2D eigenvalue weighted by molar-refractivity contribution is 0.255. The van der Waals surface area contributed by atoms with Crippen molar-refractivity contribution in [1.29, 1.82) is 0 Å². The van der Waals surface area contributed by atoms with Crippen LogP contribution in [0.4, 0.5) is 10.1 Å². The standard InChI is InChI=1S/C25H23ClFN5O5S/c1-36-24-20(31-38(34,35)22-4-3-18(27)9-19(22)26)8-17(11-30-24)16-2-5-23-29-12-21(25(33)32(23)13-16)37-14-15-6-7-28-10-15/h2-5,8-9,11-13,15,28,31H,6-7,10,14H2,1H3. The molecule has 0 radical (unpaired) electrons. The van der Waals surface area contributed by atoms with Gasteiger partial charge < -0.3 is 14.8 Å². The quantitative estimate of drug-likeness (QED) is 0.337. The second kappa shape index (κ2) is 10.6. The van der Waals surface area contributed by atoms with Gasteiger partial charge in [-0.2, -0.15) is 0 Å². The van der Waals surface area contributed by atoms with Crippen molar-refractivity contribution < 1.29 is 22.3 Å². The number of pyridine rings is 2. The number of fused-ring (bicyclic) bond motifs is 1.